The van der Waals surface area contributed by atoms with Crippen LogP contribution in [0.5, 0.6) is 0 Å². The molecule has 1 aromatic carbocycles. The Labute approximate surface area is 117 Å². The summed E-state index contributed by atoms with van der Waals surface area (Å²) in [6.07, 6.45) is 4.96. The van der Waals surface area contributed by atoms with E-state index < -0.39 is 12.3 Å². The molecule has 0 aliphatic heterocycles. The summed E-state index contributed by atoms with van der Waals surface area (Å²) in [5.74, 6) is 0.182. The van der Waals surface area contributed by atoms with Gasteiger partial charge in [-0.05, 0) is 22.8 Å². The number of hydrogen-bond donors (Lipinski definition) is 0. The van der Waals surface area contributed by atoms with Crippen LogP contribution in [0.15, 0.2) is 30.3 Å². The Morgan fingerprint density at radius 3 is 2.10 bits per heavy atom. The van der Waals surface area contributed by atoms with E-state index in [1.165, 1.54) is 0 Å². The number of rotatable bonds is 3. The molecule has 0 spiro atoms. The molecule has 4 fully saturated rings. The molecule has 0 radical (unpaired) electrons. The highest BCUT2D eigenvalue weighted by Gasteiger charge is 2.81. The first-order valence-corrected chi connectivity index (χ1v) is 7.75. The number of halogens is 3. The van der Waals surface area contributed by atoms with Crippen molar-refractivity contribution in [3.63, 3.8) is 0 Å². The second kappa shape index (κ2) is 3.83. The van der Waals surface area contributed by atoms with Crippen molar-refractivity contribution < 1.29 is 12.9 Å². The second-order valence-corrected chi connectivity index (χ2v) is 7.21. The zero-order valence-electron chi connectivity index (χ0n) is 11.5. The van der Waals surface area contributed by atoms with E-state index >= 15 is 0 Å². The lowest BCUT2D eigenvalue weighted by Gasteiger charge is -2.82. The van der Waals surface area contributed by atoms with Crippen molar-refractivity contribution in [1.29, 1.82) is 0 Å². The Kier molecular flexibility index (Phi) is 2.45. The van der Waals surface area contributed by atoms with Gasteiger partial charge >= 0.3 is 6.98 Å². The zero-order valence-corrected chi connectivity index (χ0v) is 11.5. The van der Waals surface area contributed by atoms with E-state index in [1.807, 2.05) is 30.3 Å². The van der Waals surface area contributed by atoms with E-state index in [9.17, 15) is 12.9 Å². The Bertz CT molecular complexity index is 510. The van der Waals surface area contributed by atoms with Gasteiger partial charge in [-0.3, -0.25) is 0 Å². The third kappa shape index (κ3) is 1.35. The molecule has 108 valence electrons. The number of hydrogen-bond acceptors (Lipinski definition) is 0. The first-order chi connectivity index (χ1) is 9.50. The van der Waals surface area contributed by atoms with Gasteiger partial charge in [-0.25, -0.2) is 0 Å². The molecule has 0 N–H and O–H groups in total. The van der Waals surface area contributed by atoms with E-state index in [0.717, 1.165) is 31.2 Å². The third-order valence-electron chi connectivity index (χ3n) is 6.38. The molecule has 1 aromatic rings. The van der Waals surface area contributed by atoms with Gasteiger partial charge in [0.25, 0.3) is 0 Å². The monoisotopic (exact) mass is 279 g/mol. The van der Waals surface area contributed by atoms with Crippen molar-refractivity contribution in [3.8, 4) is 0 Å². The first-order valence-electron chi connectivity index (χ1n) is 7.75. The van der Waals surface area contributed by atoms with Gasteiger partial charge < -0.3 is 12.9 Å². The summed E-state index contributed by atoms with van der Waals surface area (Å²) < 4.78 is 40.7. The molecule has 0 nitrogen and oxygen atoms in total. The van der Waals surface area contributed by atoms with Crippen LogP contribution in [0.4, 0.5) is 12.9 Å². The van der Waals surface area contributed by atoms with E-state index in [2.05, 4.69) is 0 Å². The normalized spacial score (nSPS) is 40.2. The van der Waals surface area contributed by atoms with Crippen LogP contribution in [0.2, 0.25) is 5.31 Å². The maximum Gasteiger partial charge on any atom is 0.484 e. The maximum atomic E-state index is 13.6. The molecular weight excluding hydrogens is 260 g/mol. The average Bonchev–Trinajstić information content (AvgIpc) is 2.78. The van der Waals surface area contributed by atoms with Crippen LogP contribution in [0, 0.1) is 11.8 Å². The van der Waals surface area contributed by atoms with Gasteiger partial charge in [-0.1, -0.05) is 74.2 Å². The average molecular weight is 279 g/mol. The molecule has 0 saturated heterocycles. The van der Waals surface area contributed by atoms with E-state index in [4.69, 9.17) is 0 Å². The lowest BCUT2D eigenvalue weighted by molar-refractivity contribution is -0.155. The van der Waals surface area contributed by atoms with Crippen molar-refractivity contribution in [3.05, 3.63) is 35.9 Å². The molecule has 0 amide bonds. The predicted molar refractivity (Wildman–Crippen MR) is 74.6 cm³/mol. The molecule has 0 unspecified atom stereocenters. The van der Waals surface area contributed by atoms with Crippen LogP contribution in [-0.2, 0) is 5.41 Å². The minimum absolute atomic E-state index is 0.125. The largest absolute Gasteiger partial charge is 0.484 e. The van der Waals surface area contributed by atoms with Gasteiger partial charge in [0.1, 0.15) is 0 Å². The lowest BCUT2D eigenvalue weighted by Crippen LogP contribution is -2.76. The Morgan fingerprint density at radius 1 is 0.950 bits per heavy atom. The maximum absolute atomic E-state index is 13.6. The van der Waals surface area contributed by atoms with Gasteiger partial charge in [0.2, 0.25) is 0 Å². The first kappa shape index (κ1) is 12.8. The van der Waals surface area contributed by atoms with E-state index in [-0.39, 0.29) is 11.3 Å². The van der Waals surface area contributed by atoms with Crippen molar-refractivity contribution in [2.75, 3.05) is 0 Å². The summed E-state index contributed by atoms with van der Waals surface area (Å²) in [6, 6.07) is 9.95. The molecule has 4 aliphatic carbocycles. The Morgan fingerprint density at radius 2 is 1.55 bits per heavy atom. The SMILES string of the molecule is F[B-](F)(F)C12CC(c3ccccc3)(C1)[C@@H]2C1CCCC1. The summed E-state index contributed by atoms with van der Waals surface area (Å²) in [6.45, 7) is -4.70. The fourth-order valence-electron chi connectivity index (χ4n) is 5.65. The molecule has 0 aromatic heterocycles. The van der Waals surface area contributed by atoms with Crippen molar-refractivity contribution in [1.82, 2.24) is 0 Å². The van der Waals surface area contributed by atoms with E-state index in [1.54, 1.807) is 0 Å². The summed E-state index contributed by atoms with van der Waals surface area (Å²) in [7, 11) is 0. The minimum Gasteiger partial charge on any atom is -0.449 e. The smallest absolute Gasteiger partial charge is 0.449 e. The summed E-state index contributed by atoms with van der Waals surface area (Å²) in [5.41, 5.74) is 1.01. The van der Waals surface area contributed by atoms with Crippen molar-refractivity contribution >= 4 is 6.98 Å². The van der Waals surface area contributed by atoms with Crippen molar-refractivity contribution in [2.24, 2.45) is 11.8 Å². The van der Waals surface area contributed by atoms with Crippen molar-refractivity contribution in [2.45, 2.75) is 49.3 Å². The molecule has 20 heavy (non-hydrogen) atoms. The second-order valence-electron chi connectivity index (χ2n) is 7.21. The molecule has 4 saturated carbocycles. The molecule has 4 heteroatoms. The Hall–Kier alpha value is -0.925. The van der Waals surface area contributed by atoms with Crippen LogP contribution in [0.3, 0.4) is 0 Å². The van der Waals surface area contributed by atoms with Gasteiger partial charge in [0, 0.05) is 0 Å². The van der Waals surface area contributed by atoms with Crippen LogP contribution in [0.25, 0.3) is 0 Å². The standard InChI is InChI=1S/C16H19BF3/c18-17(19,20)16-10-15(11-16,13-8-2-1-3-9-13)14(16)12-6-4-5-7-12/h1-3,8-9,12,14H,4-7,10-11H2/q-1/t14-,15?,16?/m0/s1. The summed E-state index contributed by atoms with van der Waals surface area (Å²) in [4.78, 5) is 0. The fourth-order valence-corrected chi connectivity index (χ4v) is 5.65. The van der Waals surface area contributed by atoms with Crippen LogP contribution in [-0.4, -0.2) is 6.98 Å². The highest BCUT2D eigenvalue weighted by atomic mass is 19.4. The minimum atomic E-state index is -4.70. The van der Waals surface area contributed by atoms with Crippen LogP contribution >= 0.6 is 0 Å². The topological polar surface area (TPSA) is 0 Å². The number of benzene rings is 1. The summed E-state index contributed by atoms with van der Waals surface area (Å²) in [5, 5.41) is -1.29. The Balaban J connectivity index is 1.71. The van der Waals surface area contributed by atoms with Crippen LogP contribution in [0.1, 0.15) is 44.1 Å². The molecule has 0 heterocycles. The third-order valence-corrected chi connectivity index (χ3v) is 6.38. The molecule has 4 aliphatic rings. The summed E-state index contributed by atoms with van der Waals surface area (Å²) >= 11 is 0. The lowest BCUT2D eigenvalue weighted by atomic mass is 9.17. The molecule has 5 rings (SSSR count). The van der Waals surface area contributed by atoms with E-state index in [0.29, 0.717) is 18.8 Å². The quantitative estimate of drug-likeness (QED) is 0.673. The van der Waals surface area contributed by atoms with Crippen LogP contribution < -0.4 is 0 Å². The van der Waals surface area contributed by atoms with Gasteiger partial charge in [-0.2, -0.15) is 0 Å². The molecule has 2 bridgehead atoms. The fraction of sp³-hybridized carbons (Fsp3) is 0.625. The van der Waals surface area contributed by atoms with Gasteiger partial charge in [0.05, 0.1) is 0 Å². The highest BCUT2D eigenvalue weighted by Crippen LogP contribution is 2.88. The molecular formula is C16H19BF3-. The van der Waals surface area contributed by atoms with Gasteiger partial charge in [0.15, 0.2) is 0 Å². The predicted octanol–water partition coefficient (Wildman–Crippen LogP) is 5.13. The van der Waals surface area contributed by atoms with Gasteiger partial charge in [-0.15, -0.1) is 0 Å². The zero-order chi connectivity index (χ0) is 14.0. The molecule has 1 atom stereocenters. The highest BCUT2D eigenvalue weighted by molar-refractivity contribution is 6.63.